The summed E-state index contributed by atoms with van der Waals surface area (Å²) >= 11 is 0. The summed E-state index contributed by atoms with van der Waals surface area (Å²) in [7, 11) is 0. The van der Waals surface area contributed by atoms with Crippen molar-refractivity contribution in [1.29, 1.82) is 0 Å². The Hall–Kier alpha value is -0.460. The summed E-state index contributed by atoms with van der Waals surface area (Å²) in [6, 6.07) is 0. The van der Waals surface area contributed by atoms with Crippen LogP contribution in [0.25, 0.3) is 0 Å². The Labute approximate surface area is 57.9 Å². The molecule has 0 amide bonds. The van der Waals surface area contributed by atoms with Crippen LogP contribution in [0.1, 0.15) is 27.7 Å². The lowest BCUT2D eigenvalue weighted by atomic mass is 9.97. The molecule has 0 bridgehead atoms. The van der Waals surface area contributed by atoms with Crippen LogP contribution in [-0.4, -0.2) is 0 Å². The van der Waals surface area contributed by atoms with Crippen molar-refractivity contribution in [3.05, 3.63) is 11.8 Å². The van der Waals surface area contributed by atoms with Gasteiger partial charge in [-0.15, -0.1) is 0 Å². The molecule has 0 spiro atoms. The zero-order chi connectivity index (χ0) is 7.44. The Morgan fingerprint density at radius 2 is 1.78 bits per heavy atom. The van der Waals surface area contributed by atoms with Gasteiger partial charge in [-0.25, -0.2) is 0 Å². The van der Waals surface area contributed by atoms with Crippen molar-refractivity contribution in [2.24, 2.45) is 17.6 Å². The Balaban J connectivity index is 3.76. The van der Waals surface area contributed by atoms with Crippen LogP contribution in [0.3, 0.4) is 0 Å². The lowest BCUT2D eigenvalue weighted by Gasteiger charge is -2.09. The Morgan fingerprint density at radius 3 is 1.89 bits per heavy atom. The molecule has 1 unspecified atom stereocenters. The Kier molecular flexibility index (Phi) is 3.36. The van der Waals surface area contributed by atoms with Crippen molar-refractivity contribution >= 4 is 0 Å². The van der Waals surface area contributed by atoms with Crippen molar-refractivity contribution < 1.29 is 0 Å². The van der Waals surface area contributed by atoms with Gasteiger partial charge in [0, 0.05) is 5.70 Å². The first-order valence-electron chi connectivity index (χ1n) is 3.48. The SMILES string of the molecule is C/C(N)=C/C(C)C(C)C. The van der Waals surface area contributed by atoms with Crippen LogP contribution >= 0.6 is 0 Å². The van der Waals surface area contributed by atoms with Gasteiger partial charge in [0.05, 0.1) is 0 Å². The molecule has 0 fully saturated rings. The predicted molar refractivity (Wildman–Crippen MR) is 41.9 cm³/mol. The van der Waals surface area contributed by atoms with E-state index in [9.17, 15) is 0 Å². The maximum Gasteiger partial charge on any atom is 0.00111 e. The molecule has 0 aromatic heterocycles. The maximum atomic E-state index is 5.49. The summed E-state index contributed by atoms with van der Waals surface area (Å²) in [6.07, 6.45) is 2.10. The standard InChI is InChI=1S/C8H17N/c1-6(2)7(3)5-8(4)9/h5-7H,9H2,1-4H3/b8-5-. The fourth-order valence-electron chi connectivity index (χ4n) is 0.607. The van der Waals surface area contributed by atoms with Crippen molar-refractivity contribution in [3.8, 4) is 0 Å². The Morgan fingerprint density at radius 1 is 1.33 bits per heavy atom. The summed E-state index contributed by atoms with van der Waals surface area (Å²) in [5.41, 5.74) is 6.42. The first kappa shape index (κ1) is 8.54. The third-order valence-electron chi connectivity index (χ3n) is 1.58. The molecule has 1 heteroatoms. The van der Waals surface area contributed by atoms with Gasteiger partial charge >= 0.3 is 0 Å². The molecule has 0 aliphatic carbocycles. The zero-order valence-corrected chi connectivity index (χ0v) is 6.81. The second kappa shape index (κ2) is 3.54. The van der Waals surface area contributed by atoms with E-state index in [1.807, 2.05) is 6.92 Å². The molecule has 0 radical (unpaired) electrons. The van der Waals surface area contributed by atoms with Crippen LogP contribution in [0.15, 0.2) is 11.8 Å². The van der Waals surface area contributed by atoms with Crippen molar-refractivity contribution in [3.63, 3.8) is 0 Å². The first-order valence-corrected chi connectivity index (χ1v) is 3.48. The van der Waals surface area contributed by atoms with Gasteiger partial charge in [-0.1, -0.05) is 26.8 Å². The molecule has 9 heavy (non-hydrogen) atoms. The van der Waals surface area contributed by atoms with E-state index in [1.165, 1.54) is 0 Å². The van der Waals surface area contributed by atoms with Crippen LogP contribution in [0.5, 0.6) is 0 Å². The van der Waals surface area contributed by atoms with Crippen molar-refractivity contribution in [2.45, 2.75) is 27.7 Å². The summed E-state index contributed by atoms with van der Waals surface area (Å²) in [6.45, 7) is 8.51. The highest BCUT2D eigenvalue weighted by Gasteiger charge is 2.01. The molecule has 0 aliphatic rings. The molecule has 0 saturated carbocycles. The molecule has 2 N–H and O–H groups in total. The highest BCUT2D eigenvalue weighted by atomic mass is 14.5. The molecule has 0 aromatic carbocycles. The molecule has 0 heterocycles. The van der Waals surface area contributed by atoms with E-state index in [-0.39, 0.29) is 0 Å². The summed E-state index contributed by atoms with van der Waals surface area (Å²) in [4.78, 5) is 0. The van der Waals surface area contributed by atoms with Gasteiger partial charge in [-0.2, -0.15) is 0 Å². The van der Waals surface area contributed by atoms with Gasteiger partial charge in [-0.05, 0) is 18.8 Å². The van der Waals surface area contributed by atoms with Crippen molar-refractivity contribution in [1.82, 2.24) is 0 Å². The third-order valence-corrected chi connectivity index (χ3v) is 1.58. The van der Waals surface area contributed by atoms with E-state index in [0.29, 0.717) is 11.8 Å². The minimum atomic E-state index is 0.606. The summed E-state index contributed by atoms with van der Waals surface area (Å²) in [5.74, 6) is 1.30. The third kappa shape index (κ3) is 4.07. The molecule has 1 atom stereocenters. The van der Waals surface area contributed by atoms with E-state index >= 15 is 0 Å². The lowest BCUT2D eigenvalue weighted by Crippen LogP contribution is -2.03. The average Bonchev–Trinajstić information content (AvgIpc) is 1.63. The smallest absolute Gasteiger partial charge is 0.00111 e. The quantitative estimate of drug-likeness (QED) is 0.604. The highest BCUT2D eigenvalue weighted by Crippen LogP contribution is 2.11. The van der Waals surface area contributed by atoms with Crippen molar-refractivity contribution in [2.75, 3.05) is 0 Å². The molecule has 0 rings (SSSR count). The van der Waals surface area contributed by atoms with Crippen LogP contribution in [-0.2, 0) is 0 Å². The largest absolute Gasteiger partial charge is 0.403 e. The van der Waals surface area contributed by atoms with E-state index in [1.54, 1.807) is 0 Å². The lowest BCUT2D eigenvalue weighted by molar-refractivity contribution is 0.501. The first-order chi connectivity index (χ1) is 4.04. The second-order valence-electron chi connectivity index (χ2n) is 3.01. The molecule has 54 valence electrons. The van der Waals surface area contributed by atoms with Gasteiger partial charge in [0.2, 0.25) is 0 Å². The molecule has 0 saturated heterocycles. The second-order valence-corrected chi connectivity index (χ2v) is 3.01. The Bertz CT molecular complexity index is 99.1. The van der Waals surface area contributed by atoms with E-state index in [2.05, 4.69) is 26.8 Å². The number of hydrogen-bond donors (Lipinski definition) is 1. The normalized spacial score (nSPS) is 16.3. The maximum absolute atomic E-state index is 5.49. The minimum Gasteiger partial charge on any atom is -0.403 e. The number of nitrogens with two attached hydrogens (primary N) is 1. The molecule has 0 aromatic rings. The fraction of sp³-hybridized carbons (Fsp3) is 0.750. The molecular formula is C8H17N. The minimum absolute atomic E-state index is 0.606. The van der Waals surface area contributed by atoms with E-state index < -0.39 is 0 Å². The predicted octanol–water partition coefficient (Wildman–Crippen LogP) is 2.14. The van der Waals surface area contributed by atoms with Gasteiger partial charge < -0.3 is 5.73 Å². The van der Waals surface area contributed by atoms with Gasteiger partial charge in [-0.3, -0.25) is 0 Å². The average molecular weight is 127 g/mol. The fourth-order valence-corrected chi connectivity index (χ4v) is 0.607. The summed E-state index contributed by atoms with van der Waals surface area (Å²) in [5, 5.41) is 0. The number of allylic oxidation sites excluding steroid dienone is 2. The zero-order valence-electron chi connectivity index (χ0n) is 6.81. The molecular weight excluding hydrogens is 110 g/mol. The molecule has 1 nitrogen and oxygen atoms in total. The van der Waals surface area contributed by atoms with Crippen LogP contribution < -0.4 is 5.73 Å². The number of rotatable bonds is 2. The van der Waals surface area contributed by atoms with Crippen LogP contribution in [0.2, 0.25) is 0 Å². The topological polar surface area (TPSA) is 26.0 Å². The summed E-state index contributed by atoms with van der Waals surface area (Å²) < 4.78 is 0. The van der Waals surface area contributed by atoms with E-state index in [0.717, 1.165) is 5.70 Å². The molecule has 0 aliphatic heterocycles. The van der Waals surface area contributed by atoms with Gasteiger partial charge in [0.25, 0.3) is 0 Å². The highest BCUT2D eigenvalue weighted by molar-refractivity contribution is 4.95. The van der Waals surface area contributed by atoms with Gasteiger partial charge in [0.1, 0.15) is 0 Å². The van der Waals surface area contributed by atoms with E-state index in [4.69, 9.17) is 5.73 Å². The van der Waals surface area contributed by atoms with Crippen LogP contribution in [0.4, 0.5) is 0 Å². The van der Waals surface area contributed by atoms with Crippen LogP contribution in [0, 0.1) is 11.8 Å². The monoisotopic (exact) mass is 127 g/mol. The number of hydrogen-bond acceptors (Lipinski definition) is 1. The van der Waals surface area contributed by atoms with Gasteiger partial charge in [0.15, 0.2) is 0 Å².